The van der Waals surface area contributed by atoms with Crippen LogP contribution < -0.4 is 10.6 Å². The van der Waals surface area contributed by atoms with Crippen molar-refractivity contribution in [3.05, 3.63) is 41.4 Å². The molecule has 3 rings (SSSR count). The normalized spacial score (nSPS) is 14.9. The van der Waals surface area contributed by atoms with Gasteiger partial charge in [0, 0.05) is 36.5 Å². The molecule has 5 heteroatoms. The van der Waals surface area contributed by atoms with Crippen molar-refractivity contribution in [3.8, 4) is 10.6 Å². The summed E-state index contributed by atoms with van der Waals surface area (Å²) in [6.07, 6.45) is 0. The highest BCUT2D eigenvalue weighted by Gasteiger charge is 2.18. The summed E-state index contributed by atoms with van der Waals surface area (Å²) in [5.41, 5.74) is 1.56. The summed E-state index contributed by atoms with van der Waals surface area (Å²) in [6, 6.07) is 9.92. The van der Waals surface area contributed by atoms with E-state index in [4.69, 9.17) is 0 Å². The zero-order valence-electron chi connectivity index (χ0n) is 10.4. The summed E-state index contributed by atoms with van der Waals surface area (Å²) in [7, 11) is 0. The fourth-order valence-electron chi connectivity index (χ4n) is 1.91. The first-order chi connectivity index (χ1) is 9.33. The number of hydrogen-bond donors (Lipinski definition) is 2. The van der Waals surface area contributed by atoms with Crippen molar-refractivity contribution in [1.82, 2.24) is 15.6 Å². The molecule has 98 valence electrons. The standard InChI is InChI=1S/C14H15N3OS/c18-13(16-8-10-6-15-7-10)12-9-19-14(17-12)11-4-2-1-3-5-11/h1-5,9-10,15H,6-8H2,(H,16,18). The van der Waals surface area contributed by atoms with Crippen LogP contribution in [-0.4, -0.2) is 30.5 Å². The Kier molecular flexibility index (Phi) is 3.57. The van der Waals surface area contributed by atoms with E-state index in [1.54, 1.807) is 0 Å². The third-order valence-electron chi connectivity index (χ3n) is 3.17. The molecule has 1 amide bonds. The summed E-state index contributed by atoms with van der Waals surface area (Å²) in [6.45, 7) is 2.71. The number of nitrogens with zero attached hydrogens (tertiary/aromatic N) is 1. The van der Waals surface area contributed by atoms with Crippen LogP contribution in [0.3, 0.4) is 0 Å². The first-order valence-electron chi connectivity index (χ1n) is 6.33. The molecule has 0 spiro atoms. The van der Waals surface area contributed by atoms with Crippen LogP contribution in [0, 0.1) is 5.92 Å². The highest BCUT2D eigenvalue weighted by molar-refractivity contribution is 7.13. The molecule has 1 aromatic carbocycles. The molecule has 1 fully saturated rings. The number of rotatable bonds is 4. The summed E-state index contributed by atoms with van der Waals surface area (Å²) < 4.78 is 0. The van der Waals surface area contributed by atoms with Crippen molar-refractivity contribution >= 4 is 17.2 Å². The average molecular weight is 273 g/mol. The van der Waals surface area contributed by atoms with Gasteiger partial charge < -0.3 is 10.6 Å². The van der Waals surface area contributed by atoms with Gasteiger partial charge in [0.05, 0.1) is 0 Å². The molecule has 0 atom stereocenters. The van der Waals surface area contributed by atoms with Crippen LogP contribution in [0.4, 0.5) is 0 Å². The van der Waals surface area contributed by atoms with Crippen molar-refractivity contribution in [2.45, 2.75) is 0 Å². The summed E-state index contributed by atoms with van der Waals surface area (Å²) >= 11 is 1.50. The van der Waals surface area contributed by atoms with Crippen LogP contribution in [0.25, 0.3) is 10.6 Å². The zero-order chi connectivity index (χ0) is 13.1. The molecule has 1 aromatic heterocycles. The smallest absolute Gasteiger partial charge is 0.270 e. The van der Waals surface area contributed by atoms with Gasteiger partial charge in [0.1, 0.15) is 10.7 Å². The third kappa shape index (κ3) is 2.83. The van der Waals surface area contributed by atoms with Crippen molar-refractivity contribution in [3.63, 3.8) is 0 Å². The van der Waals surface area contributed by atoms with Gasteiger partial charge in [-0.2, -0.15) is 0 Å². The molecule has 0 bridgehead atoms. The minimum atomic E-state index is -0.0784. The maximum atomic E-state index is 11.9. The zero-order valence-corrected chi connectivity index (χ0v) is 11.2. The van der Waals surface area contributed by atoms with Gasteiger partial charge in [-0.05, 0) is 0 Å². The number of benzene rings is 1. The lowest BCUT2D eigenvalue weighted by molar-refractivity contribution is 0.0938. The number of carbonyl (C=O) groups excluding carboxylic acids is 1. The molecular weight excluding hydrogens is 258 g/mol. The Balaban J connectivity index is 1.65. The van der Waals surface area contributed by atoms with E-state index in [0.717, 1.165) is 30.2 Å². The summed E-state index contributed by atoms with van der Waals surface area (Å²) in [5, 5.41) is 8.82. The Morgan fingerprint density at radius 1 is 1.37 bits per heavy atom. The average Bonchev–Trinajstić information content (AvgIpc) is 2.87. The fraction of sp³-hybridized carbons (Fsp3) is 0.286. The van der Waals surface area contributed by atoms with Crippen LogP contribution in [0.1, 0.15) is 10.5 Å². The quantitative estimate of drug-likeness (QED) is 0.892. The Hall–Kier alpha value is -1.72. The van der Waals surface area contributed by atoms with E-state index in [0.29, 0.717) is 11.6 Å². The number of thiazole rings is 1. The highest BCUT2D eigenvalue weighted by atomic mass is 32.1. The topological polar surface area (TPSA) is 54.0 Å². The number of hydrogen-bond acceptors (Lipinski definition) is 4. The highest BCUT2D eigenvalue weighted by Crippen LogP contribution is 2.23. The second kappa shape index (κ2) is 5.50. The minimum absolute atomic E-state index is 0.0784. The van der Waals surface area contributed by atoms with Gasteiger partial charge in [-0.1, -0.05) is 30.3 Å². The van der Waals surface area contributed by atoms with Gasteiger partial charge >= 0.3 is 0 Å². The predicted molar refractivity (Wildman–Crippen MR) is 76.2 cm³/mol. The molecule has 1 aliphatic heterocycles. The van der Waals surface area contributed by atoms with E-state index in [-0.39, 0.29) is 5.91 Å². The van der Waals surface area contributed by atoms with E-state index in [2.05, 4.69) is 15.6 Å². The van der Waals surface area contributed by atoms with Crippen molar-refractivity contribution in [1.29, 1.82) is 0 Å². The number of nitrogens with one attached hydrogen (secondary N) is 2. The molecule has 19 heavy (non-hydrogen) atoms. The van der Waals surface area contributed by atoms with Gasteiger partial charge in [0.15, 0.2) is 0 Å². The number of carbonyl (C=O) groups is 1. The lowest BCUT2D eigenvalue weighted by Crippen LogP contribution is -2.48. The van der Waals surface area contributed by atoms with Crippen molar-refractivity contribution in [2.24, 2.45) is 5.92 Å². The van der Waals surface area contributed by atoms with Gasteiger partial charge in [-0.25, -0.2) is 4.98 Å². The lowest BCUT2D eigenvalue weighted by Gasteiger charge is -2.26. The van der Waals surface area contributed by atoms with E-state index >= 15 is 0 Å². The monoisotopic (exact) mass is 273 g/mol. The molecule has 0 unspecified atom stereocenters. The van der Waals surface area contributed by atoms with Crippen LogP contribution in [-0.2, 0) is 0 Å². The lowest BCUT2D eigenvalue weighted by atomic mass is 10.0. The van der Waals surface area contributed by atoms with Gasteiger partial charge in [0.2, 0.25) is 0 Å². The molecule has 0 radical (unpaired) electrons. The first-order valence-corrected chi connectivity index (χ1v) is 7.21. The van der Waals surface area contributed by atoms with Crippen LogP contribution in [0.15, 0.2) is 35.7 Å². The maximum Gasteiger partial charge on any atom is 0.270 e. The largest absolute Gasteiger partial charge is 0.350 e. The first kappa shape index (κ1) is 12.3. The molecule has 0 saturated carbocycles. The van der Waals surface area contributed by atoms with Gasteiger partial charge in [-0.15, -0.1) is 11.3 Å². The summed E-state index contributed by atoms with van der Waals surface area (Å²) in [5.74, 6) is 0.488. The fourth-order valence-corrected chi connectivity index (χ4v) is 2.72. The Bertz CT molecular complexity index is 563. The Morgan fingerprint density at radius 2 is 2.16 bits per heavy atom. The molecule has 4 nitrogen and oxygen atoms in total. The van der Waals surface area contributed by atoms with Crippen molar-refractivity contribution < 1.29 is 4.79 Å². The van der Waals surface area contributed by atoms with Gasteiger partial charge in [-0.3, -0.25) is 4.79 Å². The molecule has 2 N–H and O–H groups in total. The Labute approximate surface area is 115 Å². The second-order valence-corrected chi connectivity index (χ2v) is 5.50. The van der Waals surface area contributed by atoms with E-state index in [9.17, 15) is 4.79 Å². The molecule has 2 aromatic rings. The Morgan fingerprint density at radius 3 is 2.84 bits per heavy atom. The minimum Gasteiger partial charge on any atom is -0.350 e. The molecule has 1 saturated heterocycles. The predicted octanol–water partition coefficient (Wildman–Crippen LogP) is 1.76. The van der Waals surface area contributed by atoms with Crippen LogP contribution in [0.5, 0.6) is 0 Å². The van der Waals surface area contributed by atoms with E-state index < -0.39 is 0 Å². The third-order valence-corrected chi connectivity index (χ3v) is 4.07. The van der Waals surface area contributed by atoms with Gasteiger partial charge in [0.25, 0.3) is 5.91 Å². The molecule has 0 aliphatic carbocycles. The molecule has 2 heterocycles. The van der Waals surface area contributed by atoms with E-state index in [1.807, 2.05) is 35.7 Å². The molecule has 1 aliphatic rings. The van der Waals surface area contributed by atoms with Crippen LogP contribution >= 0.6 is 11.3 Å². The maximum absolute atomic E-state index is 11.9. The second-order valence-electron chi connectivity index (χ2n) is 4.64. The number of amides is 1. The SMILES string of the molecule is O=C(NCC1CNC1)c1csc(-c2ccccc2)n1. The summed E-state index contributed by atoms with van der Waals surface area (Å²) in [4.78, 5) is 16.3. The van der Waals surface area contributed by atoms with Crippen LogP contribution in [0.2, 0.25) is 0 Å². The number of aromatic nitrogens is 1. The molecular formula is C14H15N3OS. The van der Waals surface area contributed by atoms with E-state index in [1.165, 1.54) is 11.3 Å². The van der Waals surface area contributed by atoms with Crippen molar-refractivity contribution in [2.75, 3.05) is 19.6 Å².